The van der Waals surface area contributed by atoms with Gasteiger partial charge in [-0.05, 0) is 58.2 Å². The van der Waals surface area contributed by atoms with Gasteiger partial charge in [0.25, 0.3) is 0 Å². The van der Waals surface area contributed by atoms with Crippen LogP contribution >= 0.6 is 0 Å². The molecule has 2 atom stereocenters. The molecule has 1 heterocycles. The average molecular weight is 237 g/mol. The third kappa shape index (κ3) is 5.06. The highest BCUT2D eigenvalue weighted by Crippen LogP contribution is 2.18. The van der Waals surface area contributed by atoms with Gasteiger partial charge in [-0.15, -0.1) is 0 Å². The Morgan fingerprint density at radius 3 is 2.82 bits per heavy atom. The maximum absolute atomic E-state index is 9.21. The number of likely N-dealkylation sites (tertiary alicyclic amines) is 1. The highest BCUT2D eigenvalue weighted by molar-refractivity contribution is 5.03. The summed E-state index contributed by atoms with van der Waals surface area (Å²) in [6.07, 6.45) is 4.90. The fourth-order valence-corrected chi connectivity index (χ4v) is 2.50. The van der Waals surface area contributed by atoms with Crippen molar-refractivity contribution in [3.8, 4) is 6.07 Å². The Bertz CT molecular complexity index is 259. The van der Waals surface area contributed by atoms with Crippen molar-refractivity contribution in [2.75, 3.05) is 26.2 Å². The van der Waals surface area contributed by atoms with Crippen LogP contribution in [0.5, 0.6) is 0 Å². The van der Waals surface area contributed by atoms with Gasteiger partial charge in [-0.25, -0.2) is 0 Å². The van der Waals surface area contributed by atoms with Crippen molar-refractivity contribution in [1.29, 1.82) is 5.26 Å². The summed E-state index contributed by atoms with van der Waals surface area (Å²) in [6.45, 7) is 10.7. The van der Waals surface area contributed by atoms with E-state index in [0.717, 1.165) is 25.4 Å². The van der Waals surface area contributed by atoms with E-state index in [4.69, 9.17) is 0 Å². The summed E-state index contributed by atoms with van der Waals surface area (Å²) < 4.78 is 0. The lowest BCUT2D eigenvalue weighted by atomic mass is 9.99. The number of rotatable bonds is 5. The van der Waals surface area contributed by atoms with Crippen LogP contribution in [0.15, 0.2) is 0 Å². The summed E-state index contributed by atoms with van der Waals surface area (Å²) in [4.78, 5) is 2.52. The summed E-state index contributed by atoms with van der Waals surface area (Å²) >= 11 is 0. The normalized spacial score (nSPS) is 25.9. The van der Waals surface area contributed by atoms with Crippen molar-refractivity contribution in [3.63, 3.8) is 0 Å². The lowest BCUT2D eigenvalue weighted by Crippen LogP contribution is -2.43. The maximum Gasteiger partial charge on any atom is 0.105 e. The minimum absolute atomic E-state index is 0.354. The molecule has 1 aliphatic rings. The summed E-state index contributed by atoms with van der Waals surface area (Å²) in [6, 6.07) is 2.41. The summed E-state index contributed by atoms with van der Waals surface area (Å²) in [7, 11) is 0. The number of hydrogen-bond donors (Lipinski definition) is 1. The van der Waals surface area contributed by atoms with Crippen LogP contribution in [-0.4, -0.2) is 36.6 Å². The molecule has 0 radical (unpaired) electrons. The molecule has 0 spiro atoms. The predicted molar refractivity (Wildman–Crippen MR) is 71.8 cm³/mol. The van der Waals surface area contributed by atoms with Gasteiger partial charge < -0.3 is 4.90 Å². The third-order valence-corrected chi connectivity index (χ3v) is 3.85. The van der Waals surface area contributed by atoms with E-state index in [9.17, 15) is 5.26 Å². The van der Waals surface area contributed by atoms with Crippen molar-refractivity contribution in [1.82, 2.24) is 10.2 Å². The first-order valence-electron chi connectivity index (χ1n) is 6.98. The van der Waals surface area contributed by atoms with Gasteiger partial charge in [0.2, 0.25) is 0 Å². The van der Waals surface area contributed by atoms with Gasteiger partial charge in [0.1, 0.15) is 5.54 Å². The molecule has 1 fully saturated rings. The van der Waals surface area contributed by atoms with Gasteiger partial charge in [0.05, 0.1) is 6.07 Å². The lowest BCUT2D eigenvalue weighted by molar-refractivity contribution is 0.251. The van der Waals surface area contributed by atoms with Crippen LogP contribution in [0.3, 0.4) is 0 Å². The number of nitrogens with one attached hydrogen (secondary N) is 1. The fraction of sp³-hybridized carbons (Fsp3) is 0.929. The van der Waals surface area contributed by atoms with Crippen LogP contribution in [0.2, 0.25) is 0 Å². The molecule has 0 amide bonds. The Kier molecular flexibility index (Phi) is 5.94. The van der Waals surface area contributed by atoms with Crippen molar-refractivity contribution in [2.45, 2.75) is 52.0 Å². The zero-order valence-corrected chi connectivity index (χ0v) is 11.6. The lowest BCUT2D eigenvalue weighted by Gasteiger charge is -2.27. The second kappa shape index (κ2) is 6.98. The predicted octanol–water partition coefficient (Wildman–Crippen LogP) is 2.39. The molecular weight excluding hydrogens is 210 g/mol. The summed E-state index contributed by atoms with van der Waals surface area (Å²) in [5, 5.41) is 12.5. The summed E-state index contributed by atoms with van der Waals surface area (Å²) in [5.74, 6) is 0.871. The van der Waals surface area contributed by atoms with Crippen molar-refractivity contribution in [3.05, 3.63) is 0 Å². The average Bonchev–Trinajstić information content (AvgIpc) is 2.52. The standard InChI is InChI=1S/C14H27N3/c1-4-16-14(3,12-15)8-11-17-9-5-6-13(2)7-10-17/h13,16H,4-11H2,1-3H3. The molecule has 0 bridgehead atoms. The van der Waals surface area contributed by atoms with Crippen LogP contribution in [0.25, 0.3) is 0 Å². The topological polar surface area (TPSA) is 39.1 Å². The fourth-order valence-electron chi connectivity index (χ4n) is 2.50. The molecule has 0 aromatic rings. The first-order chi connectivity index (χ1) is 8.09. The van der Waals surface area contributed by atoms with Crippen molar-refractivity contribution < 1.29 is 0 Å². The number of nitriles is 1. The molecule has 17 heavy (non-hydrogen) atoms. The zero-order chi connectivity index (χ0) is 12.7. The first kappa shape index (κ1) is 14.5. The van der Waals surface area contributed by atoms with E-state index in [1.165, 1.54) is 32.4 Å². The minimum atomic E-state index is -0.354. The molecule has 98 valence electrons. The monoisotopic (exact) mass is 237 g/mol. The number of nitrogens with zero attached hydrogens (tertiary/aromatic N) is 2. The van der Waals surface area contributed by atoms with E-state index in [-0.39, 0.29) is 5.54 Å². The van der Waals surface area contributed by atoms with Crippen LogP contribution in [0.1, 0.15) is 46.5 Å². The van der Waals surface area contributed by atoms with E-state index in [1.54, 1.807) is 0 Å². The largest absolute Gasteiger partial charge is 0.303 e. The molecule has 3 nitrogen and oxygen atoms in total. The van der Waals surface area contributed by atoms with E-state index in [0.29, 0.717) is 0 Å². The molecule has 1 rings (SSSR count). The van der Waals surface area contributed by atoms with Gasteiger partial charge in [-0.2, -0.15) is 5.26 Å². The molecule has 1 N–H and O–H groups in total. The highest BCUT2D eigenvalue weighted by Gasteiger charge is 2.23. The highest BCUT2D eigenvalue weighted by atomic mass is 15.1. The van der Waals surface area contributed by atoms with E-state index >= 15 is 0 Å². The summed E-state index contributed by atoms with van der Waals surface area (Å²) in [5.41, 5.74) is -0.354. The SMILES string of the molecule is CCNC(C)(C#N)CCN1CCCC(C)CC1. The molecule has 2 unspecified atom stereocenters. The van der Waals surface area contributed by atoms with E-state index in [1.807, 2.05) is 6.92 Å². The van der Waals surface area contributed by atoms with Gasteiger partial charge in [-0.3, -0.25) is 5.32 Å². The molecule has 0 saturated carbocycles. The minimum Gasteiger partial charge on any atom is -0.303 e. The molecule has 0 aromatic heterocycles. The quantitative estimate of drug-likeness (QED) is 0.798. The molecule has 0 aromatic carbocycles. The van der Waals surface area contributed by atoms with Crippen LogP contribution < -0.4 is 5.32 Å². The maximum atomic E-state index is 9.21. The van der Waals surface area contributed by atoms with Crippen LogP contribution in [0, 0.1) is 17.2 Å². The van der Waals surface area contributed by atoms with Crippen molar-refractivity contribution in [2.24, 2.45) is 5.92 Å². The molecule has 1 saturated heterocycles. The molecule has 0 aliphatic carbocycles. The number of hydrogen-bond acceptors (Lipinski definition) is 3. The Morgan fingerprint density at radius 2 is 2.18 bits per heavy atom. The van der Waals surface area contributed by atoms with E-state index < -0.39 is 0 Å². The Morgan fingerprint density at radius 1 is 1.41 bits per heavy atom. The van der Waals surface area contributed by atoms with Crippen LogP contribution in [-0.2, 0) is 0 Å². The second-order valence-electron chi connectivity index (χ2n) is 5.60. The molecular formula is C14H27N3. The Labute approximate surface area is 106 Å². The van der Waals surface area contributed by atoms with Crippen LogP contribution in [0.4, 0.5) is 0 Å². The Balaban J connectivity index is 2.36. The van der Waals surface area contributed by atoms with Gasteiger partial charge in [-0.1, -0.05) is 13.8 Å². The smallest absolute Gasteiger partial charge is 0.105 e. The third-order valence-electron chi connectivity index (χ3n) is 3.85. The Hall–Kier alpha value is -0.590. The molecule has 1 aliphatic heterocycles. The van der Waals surface area contributed by atoms with Gasteiger partial charge >= 0.3 is 0 Å². The van der Waals surface area contributed by atoms with Gasteiger partial charge in [0.15, 0.2) is 0 Å². The van der Waals surface area contributed by atoms with Crippen molar-refractivity contribution >= 4 is 0 Å². The zero-order valence-electron chi connectivity index (χ0n) is 11.6. The molecule has 3 heteroatoms. The van der Waals surface area contributed by atoms with E-state index in [2.05, 4.69) is 30.1 Å². The second-order valence-corrected chi connectivity index (χ2v) is 5.60. The first-order valence-corrected chi connectivity index (χ1v) is 6.98. The van der Waals surface area contributed by atoms with Gasteiger partial charge in [0, 0.05) is 6.54 Å².